The minimum Gasteiger partial charge on any atom is -0.0795 e. The molecule has 128 valence electrons. The van der Waals surface area contributed by atoms with E-state index in [-0.39, 0.29) is 0 Å². The summed E-state index contributed by atoms with van der Waals surface area (Å²) in [5.41, 5.74) is 14.6. The topological polar surface area (TPSA) is 0 Å². The Morgan fingerprint density at radius 2 is 1.50 bits per heavy atom. The number of rotatable bonds is 2. The third-order valence-electron chi connectivity index (χ3n) is 6.05. The highest BCUT2D eigenvalue weighted by Crippen LogP contribution is 2.42. The zero-order chi connectivity index (χ0) is 17.7. The fourth-order valence-electron chi connectivity index (χ4n) is 5.00. The predicted octanol–water partition coefficient (Wildman–Crippen LogP) is 6.70. The lowest BCUT2D eigenvalue weighted by Gasteiger charge is -2.19. The molecule has 0 spiro atoms. The van der Waals surface area contributed by atoms with Crippen molar-refractivity contribution in [3.63, 3.8) is 0 Å². The second-order valence-corrected chi connectivity index (χ2v) is 7.77. The van der Waals surface area contributed by atoms with Crippen molar-refractivity contribution in [1.29, 1.82) is 0 Å². The van der Waals surface area contributed by atoms with Crippen LogP contribution in [0.15, 0.2) is 54.6 Å². The molecule has 0 unspecified atom stereocenters. The molecule has 2 aliphatic carbocycles. The van der Waals surface area contributed by atoms with E-state index in [4.69, 9.17) is 0 Å². The van der Waals surface area contributed by atoms with E-state index in [1.807, 2.05) is 0 Å². The molecule has 26 heavy (non-hydrogen) atoms. The third kappa shape index (κ3) is 2.36. The quantitative estimate of drug-likeness (QED) is 0.489. The zero-order valence-corrected chi connectivity index (χ0v) is 15.6. The molecule has 0 N–H and O–H groups in total. The van der Waals surface area contributed by atoms with Gasteiger partial charge in [-0.3, -0.25) is 0 Å². The number of hydrogen-bond acceptors (Lipinski definition) is 0. The molecule has 0 atom stereocenters. The van der Waals surface area contributed by atoms with Gasteiger partial charge in [-0.25, -0.2) is 0 Å². The van der Waals surface area contributed by atoms with Crippen molar-refractivity contribution in [2.75, 3.05) is 0 Å². The van der Waals surface area contributed by atoms with Crippen LogP contribution in [0.1, 0.15) is 39.8 Å². The maximum Gasteiger partial charge on any atom is -0.00819 e. The summed E-state index contributed by atoms with van der Waals surface area (Å²) < 4.78 is 0. The normalized spacial score (nSPS) is 14.5. The summed E-state index contributed by atoms with van der Waals surface area (Å²) in [5.74, 6) is 0. The summed E-state index contributed by atoms with van der Waals surface area (Å²) in [4.78, 5) is 0. The Morgan fingerprint density at radius 3 is 2.27 bits per heavy atom. The van der Waals surface area contributed by atoms with Crippen LogP contribution >= 0.6 is 0 Å². The first-order valence-corrected chi connectivity index (χ1v) is 9.73. The van der Waals surface area contributed by atoms with E-state index in [0.29, 0.717) is 0 Å². The van der Waals surface area contributed by atoms with Crippen molar-refractivity contribution < 1.29 is 0 Å². The smallest absolute Gasteiger partial charge is 0.00819 e. The van der Waals surface area contributed by atoms with Crippen molar-refractivity contribution in [2.45, 2.75) is 39.5 Å². The average Bonchev–Trinajstić information content (AvgIpc) is 3.28. The van der Waals surface area contributed by atoms with Crippen molar-refractivity contribution in [3.05, 3.63) is 88.0 Å². The van der Waals surface area contributed by atoms with Crippen LogP contribution in [0.3, 0.4) is 0 Å². The van der Waals surface area contributed by atoms with Gasteiger partial charge in [0.2, 0.25) is 0 Å². The largest absolute Gasteiger partial charge is 0.0795 e. The lowest BCUT2D eigenvalue weighted by Crippen LogP contribution is -1.99. The minimum atomic E-state index is 1.08. The average molecular weight is 336 g/mol. The van der Waals surface area contributed by atoms with Crippen molar-refractivity contribution in [3.8, 4) is 22.3 Å². The first kappa shape index (κ1) is 15.6. The lowest BCUT2D eigenvalue weighted by molar-refractivity contribution is 0.912. The van der Waals surface area contributed by atoms with Crippen LogP contribution in [0.4, 0.5) is 0 Å². The van der Waals surface area contributed by atoms with Gasteiger partial charge in [0.1, 0.15) is 0 Å². The predicted molar refractivity (Wildman–Crippen MR) is 112 cm³/mol. The molecule has 0 bridgehead atoms. The highest BCUT2D eigenvalue weighted by atomic mass is 14.3. The summed E-state index contributed by atoms with van der Waals surface area (Å²) in [6.45, 7) is 4.53. The van der Waals surface area contributed by atoms with Gasteiger partial charge in [-0.05, 0) is 95.2 Å². The number of hydrogen-bond donors (Lipinski definition) is 0. The lowest BCUT2D eigenvalue weighted by atomic mass is 9.85. The van der Waals surface area contributed by atoms with Crippen LogP contribution < -0.4 is 0 Å². The summed E-state index contributed by atoms with van der Waals surface area (Å²) >= 11 is 0. The second-order valence-electron chi connectivity index (χ2n) is 7.77. The molecule has 3 aromatic carbocycles. The Balaban J connectivity index is 1.72. The molecule has 0 heteroatoms. The van der Waals surface area contributed by atoms with Gasteiger partial charge in [-0.2, -0.15) is 0 Å². The molecule has 0 aromatic heterocycles. The van der Waals surface area contributed by atoms with Crippen LogP contribution in [0.2, 0.25) is 0 Å². The van der Waals surface area contributed by atoms with E-state index in [0.717, 1.165) is 6.42 Å². The highest BCUT2D eigenvalue weighted by molar-refractivity contribution is 5.83. The Kier molecular flexibility index (Phi) is 3.60. The standard InChI is InChI=1S/C26H24/c1-17-14-22(15-18(2)25(17)19-8-4-3-5-9-19)26-23-12-6-10-20(23)16-21-11-7-13-24(21)26/h3-6,8-10,14-16H,7,11-13H2,1-2H3. The fraction of sp³-hybridized carbons (Fsp3) is 0.231. The van der Waals surface area contributed by atoms with Gasteiger partial charge in [0.15, 0.2) is 0 Å². The Bertz CT molecular complexity index is 1010. The molecular weight excluding hydrogens is 312 g/mol. The summed E-state index contributed by atoms with van der Waals surface area (Å²) in [6, 6.07) is 18.1. The van der Waals surface area contributed by atoms with Gasteiger partial charge in [0.25, 0.3) is 0 Å². The molecular formula is C26H24. The highest BCUT2D eigenvalue weighted by Gasteiger charge is 2.23. The van der Waals surface area contributed by atoms with Crippen LogP contribution in [0.5, 0.6) is 0 Å². The number of benzene rings is 3. The maximum atomic E-state index is 2.45. The monoisotopic (exact) mass is 336 g/mol. The van der Waals surface area contributed by atoms with E-state index in [1.165, 1.54) is 63.8 Å². The zero-order valence-electron chi connectivity index (χ0n) is 15.6. The summed E-state index contributed by atoms with van der Waals surface area (Å²) in [6.07, 6.45) is 9.49. The van der Waals surface area contributed by atoms with Crippen molar-refractivity contribution in [2.24, 2.45) is 0 Å². The molecule has 0 saturated heterocycles. The Labute approximate surface area is 156 Å². The van der Waals surface area contributed by atoms with Gasteiger partial charge in [0, 0.05) is 0 Å². The first-order valence-electron chi connectivity index (χ1n) is 9.73. The Hall–Kier alpha value is -2.60. The fourth-order valence-corrected chi connectivity index (χ4v) is 5.00. The molecule has 5 rings (SSSR count). The van der Waals surface area contributed by atoms with E-state index >= 15 is 0 Å². The molecule has 0 saturated carbocycles. The van der Waals surface area contributed by atoms with Crippen LogP contribution in [-0.2, 0) is 19.3 Å². The molecule has 0 nitrogen and oxygen atoms in total. The van der Waals surface area contributed by atoms with E-state index in [2.05, 4.69) is 74.5 Å². The number of allylic oxidation sites excluding steroid dienone is 1. The van der Waals surface area contributed by atoms with Crippen LogP contribution in [0.25, 0.3) is 28.3 Å². The van der Waals surface area contributed by atoms with Crippen LogP contribution in [0, 0.1) is 13.8 Å². The molecule has 0 heterocycles. The summed E-state index contributed by atoms with van der Waals surface area (Å²) in [7, 11) is 0. The molecule has 0 aliphatic heterocycles. The molecule has 2 aliphatic rings. The van der Waals surface area contributed by atoms with E-state index < -0.39 is 0 Å². The number of aryl methyl sites for hydroxylation is 3. The number of fused-ring (bicyclic) bond motifs is 2. The summed E-state index contributed by atoms with van der Waals surface area (Å²) in [5, 5.41) is 0. The first-order chi connectivity index (χ1) is 12.7. The minimum absolute atomic E-state index is 1.08. The maximum absolute atomic E-state index is 2.45. The van der Waals surface area contributed by atoms with E-state index in [9.17, 15) is 0 Å². The Morgan fingerprint density at radius 1 is 0.731 bits per heavy atom. The SMILES string of the molecule is Cc1cc(-c2c3c(cc4c2CCC4)C=CC3)cc(C)c1-c1ccccc1. The van der Waals surface area contributed by atoms with Gasteiger partial charge in [-0.15, -0.1) is 0 Å². The van der Waals surface area contributed by atoms with Gasteiger partial charge < -0.3 is 0 Å². The molecule has 0 amide bonds. The van der Waals surface area contributed by atoms with Gasteiger partial charge in [0.05, 0.1) is 0 Å². The molecule has 0 radical (unpaired) electrons. The second kappa shape index (κ2) is 5.99. The van der Waals surface area contributed by atoms with Gasteiger partial charge in [-0.1, -0.05) is 60.7 Å². The molecule has 0 fully saturated rings. The van der Waals surface area contributed by atoms with Crippen molar-refractivity contribution in [1.82, 2.24) is 0 Å². The van der Waals surface area contributed by atoms with Crippen LogP contribution in [-0.4, -0.2) is 0 Å². The van der Waals surface area contributed by atoms with Gasteiger partial charge >= 0.3 is 0 Å². The van der Waals surface area contributed by atoms with Crippen molar-refractivity contribution >= 4 is 6.08 Å². The molecule has 3 aromatic rings. The third-order valence-corrected chi connectivity index (χ3v) is 6.05. The van der Waals surface area contributed by atoms with E-state index in [1.54, 1.807) is 11.1 Å².